The summed E-state index contributed by atoms with van der Waals surface area (Å²) in [5.74, 6) is -1.37. The minimum absolute atomic E-state index is 0.0706. The van der Waals surface area contributed by atoms with Crippen molar-refractivity contribution in [2.45, 2.75) is 25.8 Å². The zero-order valence-electron chi connectivity index (χ0n) is 15.3. The number of hydrogen-bond acceptors (Lipinski definition) is 2. The maximum Gasteiger partial charge on any atom is 0.322 e. The molecular weight excluding hydrogens is 348 g/mol. The molecule has 2 aromatic carbocycles. The monoisotopic (exact) mass is 371 g/mol. The molecule has 4 nitrogen and oxygen atoms in total. The first kappa shape index (κ1) is 17.8. The molecule has 0 aromatic heterocycles. The molecule has 1 fully saturated rings. The molecule has 2 aromatic rings. The van der Waals surface area contributed by atoms with E-state index in [-0.39, 0.29) is 18.0 Å². The molecule has 142 valence electrons. The van der Waals surface area contributed by atoms with Gasteiger partial charge in [-0.1, -0.05) is 18.2 Å². The maximum atomic E-state index is 13.5. The van der Waals surface area contributed by atoms with E-state index < -0.39 is 11.6 Å². The van der Waals surface area contributed by atoms with Crippen LogP contribution in [0.25, 0.3) is 0 Å². The van der Waals surface area contributed by atoms with Gasteiger partial charge in [0.05, 0.1) is 0 Å². The fraction of sp³-hybridized carbons (Fsp3) is 0.381. The Morgan fingerprint density at radius 1 is 1.19 bits per heavy atom. The van der Waals surface area contributed by atoms with Crippen LogP contribution in [-0.2, 0) is 6.42 Å². The predicted molar refractivity (Wildman–Crippen MR) is 102 cm³/mol. The summed E-state index contributed by atoms with van der Waals surface area (Å²) in [6, 6.07) is 12.1. The molecule has 0 radical (unpaired) electrons. The van der Waals surface area contributed by atoms with Crippen LogP contribution in [0.2, 0.25) is 0 Å². The Kier molecular flexibility index (Phi) is 4.72. The molecule has 1 saturated heterocycles. The van der Waals surface area contributed by atoms with Gasteiger partial charge in [0.15, 0.2) is 11.6 Å². The summed E-state index contributed by atoms with van der Waals surface area (Å²) < 4.78 is 26.6. The van der Waals surface area contributed by atoms with Gasteiger partial charge in [-0.2, -0.15) is 0 Å². The number of carbonyl (C=O) groups excluding carboxylic acids is 1. The molecule has 2 atom stereocenters. The Labute approximate surface area is 157 Å². The quantitative estimate of drug-likeness (QED) is 0.887. The van der Waals surface area contributed by atoms with E-state index >= 15 is 0 Å². The lowest BCUT2D eigenvalue weighted by Gasteiger charge is -2.24. The number of para-hydroxylation sites is 1. The average Bonchev–Trinajstić information content (AvgIpc) is 3.25. The van der Waals surface area contributed by atoms with E-state index in [1.165, 1.54) is 11.6 Å². The number of halogens is 2. The molecule has 0 spiro atoms. The van der Waals surface area contributed by atoms with Crippen LogP contribution in [0.15, 0.2) is 42.5 Å². The molecule has 2 unspecified atom stereocenters. The van der Waals surface area contributed by atoms with Crippen LogP contribution in [0.4, 0.5) is 25.0 Å². The van der Waals surface area contributed by atoms with Crippen LogP contribution in [0.1, 0.15) is 18.9 Å². The number of urea groups is 1. The van der Waals surface area contributed by atoms with Crippen molar-refractivity contribution < 1.29 is 13.6 Å². The molecular formula is C21H23F2N3O. The highest BCUT2D eigenvalue weighted by Crippen LogP contribution is 2.32. The van der Waals surface area contributed by atoms with Crippen molar-refractivity contribution in [2.24, 2.45) is 5.92 Å². The van der Waals surface area contributed by atoms with E-state index in [1.54, 1.807) is 6.07 Å². The van der Waals surface area contributed by atoms with Gasteiger partial charge in [-0.15, -0.1) is 0 Å². The topological polar surface area (TPSA) is 35.6 Å². The number of nitrogens with one attached hydrogen (secondary N) is 1. The third-order valence-electron chi connectivity index (χ3n) is 5.52. The van der Waals surface area contributed by atoms with Gasteiger partial charge < -0.3 is 10.2 Å². The molecule has 6 heteroatoms. The highest BCUT2D eigenvalue weighted by Gasteiger charge is 2.31. The fourth-order valence-corrected chi connectivity index (χ4v) is 4.11. The third kappa shape index (κ3) is 3.48. The van der Waals surface area contributed by atoms with Crippen LogP contribution in [0.3, 0.4) is 0 Å². The van der Waals surface area contributed by atoms with Crippen LogP contribution in [-0.4, -0.2) is 31.7 Å². The summed E-state index contributed by atoms with van der Waals surface area (Å²) in [5, 5.41) is 3.06. The lowest BCUT2D eigenvalue weighted by atomic mass is 10.1. The second-order valence-electron chi connectivity index (χ2n) is 7.44. The molecule has 2 aliphatic rings. The average molecular weight is 371 g/mol. The number of rotatable bonds is 3. The molecule has 2 aliphatic heterocycles. The van der Waals surface area contributed by atoms with E-state index in [0.717, 1.165) is 37.7 Å². The number of hydrogen-bond donors (Lipinski definition) is 1. The summed E-state index contributed by atoms with van der Waals surface area (Å²) in [6.45, 7) is 4.12. The Morgan fingerprint density at radius 2 is 2.00 bits per heavy atom. The van der Waals surface area contributed by atoms with Gasteiger partial charge in [0.1, 0.15) is 0 Å². The zero-order chi connectivity index (χ0) is 19.0. The van der Waals surface area contributed by atoms with E-state index in [4.69, 9.17) is 0 Å². The number of nitrogens with zero attached hydrogens (tertiary/aromatic N) is 2. The lowest BCUT2D eigenvalue weighted by Crippen LogP contribution is -2.45. The highest BCUT2D eigenvalue weighted by molar-refractivity contribution is 5.94. The zero-order valence-corrected chi connectivity index (χ0v) is 15.3. The van der Waals surface area contributed by atoms with Gasteiger partial charge >= 0.3 is 6.03 Å². The molecule has 0 saturated carbocycles. The van der Waals surface area contributed by atoms with Crippen molar-refractivity contribution in [1.29, 1.82) is 0 Å². The molecule has 1 N–H and O–H groups in total. The molecule has 2 amide bonds. The van der Waals surface area contributed by atoms with Gasteiger partial charge in [0.2, 0.25) is 0 Å². The largest absolute Gasteiger partial charge is 0.371 e. The standard InChI is InChI=1S/C21H23F2N3O/c1-14-10-16-4-2-3-5-20(16)26(14)21(27)24-12-15-8-9-25(13-15)17-6-7-18(22)19(23)11-17/h2-7,11,14-15H,8-10,12-13H2,1H3,(H,24,27). The Morgan fingerprint density at radius 3 is 2.81 bits per heavy atom. The fourth-order valence-electron chi connectivity index (χ4n) is 4.11. The van der Waals surface area contributed by atoms with Crippen molar-refractivity contribution in [3.05, 3.63) is 59.7 Å². The van der Waals surface area contributed by atoms with Crippen molar-refractivity contribution in [2.75, 3.05) is 29.4 Å². The summed E-state index contributed by atoms with van der Waals surface area (Å²) in [4.78, 5) is 16.6. The molecule has 2 heterocycles. The van der Waals surface area contributed by atoms with Crippen molar-refractivity contribution in [1.82, 2.24) is 5.32 Å². The predicted octanol–water partition coefficient (Wildman–Crippen LogP) is 3.95. The molecule has 4 rings (SSSR count). The normalized spacial score (nSPS) is 21.4. The minimum Gasteiger partial charge on any atom is -0.371 e. The van der Waals surface area contributed by atoms with E-state index in [0.29, 0.717) is 12.2 Å². The Bertz CT molecular complexity index is 857. The van der Waals surface area contributed by atoms with Crippen molar-refractivity contribution >= 4 is 17.4 Å². The van der Waals surface area contributed by atoms with Gasteiger partial charge in [0.25, 0.3) is 0 Å². The summed E-state index contributed by atoms with van der Waals surface area (Å²) in [5.41, 5.74) is 2.87. The maximum absolute atomic E-state index is 13.5. The van der Waals surface area contributed by atoms with E-state index in [9.17, 15) is 13.6 Å². The van der Waals surface area contributed by atoms with Gasteiger partial charge in [-0.25, -0.2) is 13.6 Å². The summed E-state index contributed by atoms with van der Waals surface area (Å²) in [6.07, 6.45) is 1.78. The number of benzene rings is 2. The molecule has 0 aliphatic carbocycles. The first-order chi connectivity index (χ1) is 13.0. The minimum atomic E-state index is -0.832. The number of amides is 2. The SMILES string of the molecule is CC1Cc2ccccc2N1C(=O)NCC1CCN(c2ccc(F)c(F)c2)C1. The van der Waals surface area contributed by atoms with Crippen LogP contribution in [0.5, 0.6) is 0 Å². The third-order valence-corrected chi connectivity index (χ3v) is 5.52. The van der Waals surface area contributed by atoms with E-state index in [1.807, 2.05) is 28.0 Å². The summed E-state index contributed by atoms with van der Waals surface area (Å²) in [7, 11) is 0. The van der Waals surface area contributed by atoms with Crippen LogP contribution < -0.4 is 15.1 Å². The summed E-state index contributed by atoms with van der Waals surface area (Å²) >= 11 is 0. The van der Waals surface area contributed by atoms with Gasteiger partial charge in [-0.3, -0.25) is 4.90 Å². The van der Waals surface area contributed by atoms with Crippen molar-refractivity contribution in [3.8, 4) is 0 Å². The van der Waals surface area contributed by atoms with E-state index in [2.05, 4.69) is 18.3 Å². The molecule has 0 bridgehead atoms. The second-order valence-corrected chi connectivity index (χ2v) is 7.44. The first-order valence-electron chi connectivity index (χ1n) is 9.38. The van der Waals surface area contributed by atoms with Crippen LogP contribution >= 0.6 is 0 Å². The smallest absolute Gasteiger partial charge is 0.322 e. The van der Waals surface area contributed by atoms with Gasteiger partial charge in [-0.05, 0) is 49.4 Å². The number of anilines is 2. The van der Waals surface area contributed by atoms with Crippen molar-refractivity contribution in [3.63, 3.8) is 0 Å². The number of fused-ring (bicyclic) bond motifs is 1. The molecule has 27 heavy (non-hydrogen) atoms. The first-order valence-corrected chi connectivity index (χ1v) is 9.38. The Balaban J connectivity index is 1.34. The number of carbonyl (C=O) groups is 1. The highest BCUT2D eigenvalue weighted by atomic mass is 19.2. The van der Waals surface area contributed by atoms with Crippen LogP contribution in [0, 0.1) is 17.6 Å². The second kappa shape index (κ2) is 7.18. The van der Waals surface area contributed by atoms with Gasteiger partial charge in [0, 0.05) is 43.1 Å². The Hall–Kier alpha value is -2.63. The lowest BCUT2D eigenvalue weighted by molar-refractivity contribution is 0.243.